The molecule has 11 heteroatoms. The van der Waals surface area contributed by atoms with Crippen LogP contribution in [0.1, 0.15) is 16.2 Å². The first-order chi connectivity index (χ1) is 11.5. The van der Waals surface area contributed by atoms with E-state index in [1.165, 1.54) is 18.4 Å². The zero-order valence-corrected chi connectivity index (χ0v) is 12.6. The van der Waals surface area contributed by atoms with E-state index in [-0.39, 0.29) is 33.9 Å². The Morgan fingerprint density at radius 3 is 2.88 bits per heavy atom. The number of benzene rings is 1. The SMILES string of the molecule is O=C(Nc1nnc(C2=COCCO2)o1)c1cc([N+](=O)[O-])ccc1Cl. The molecule has 1 aliphatic heterocycles. The Kier molecular flexibility index (Phi) is 4.29. The number of ether oxygens (including phenoxy) is 2. The van der Waals surface area contributed by atoms with Crippen molar-refractivity contribution in [1.82, 2.24) is 10.2 Å². The second kappa shape index (κ2) is 6.54. The van der Waals surface area contributed by atoms with Crippen LogP contribution in [0.3, 0.4) is 0 Å². The van der Waals surface area contributed by atoms with Crippen LogP contribution in [0.25, 0.3) is 5.76 Å². The van der Waals surface area contributed by atoms with Crippen molar-refractivity contribution >= 4 is 35.0 Å². The monoisotopic (exact) mass is 352 g/mol. The summed E-state index contributed by atoms with van der Waals surface area (Å²) in [6.45, 7) is 0.742. The molecule has 0 bridgehead atoms. The van der Waals surface area contributed by atoms with Crippen molar-refractivity contribution in [3.8, 4) is 0 Å². The molecular weight excluding hydrogens is 344 g/mol. The first kappa shape index (κ1) is 15.7. The van der Waals surface area contributed by atoms with Crippen molar-refractivity contribution in [3.63, 3.8) is 0 Å². The van der Waals surface area contributed by atoms with Crippen molar-refractivity contribution in [2.45, 2.75) is 0 Å². The molecule has 2 aromatic rings. The number of non-ortho nitro benzene ring substituents is 1. The number of carbonyl (C=O) groups is 1. The summed E-state index contributed by atoms with van der Waals surface area (Å²) in [7, 11) is 0. The zero-order valence-electron chi connectivity index (χ0n) is 11.9. The predicted octanol–water partition coefficient (Wildman–Crippen LogP) is 2.23. The Morgan fingerprint density at radius 1 is 1.33 bits per heavy atom. The molecule has 0 aliphatic carbocycles. The molecule has 0 unspecified atom stereocenters. The molecule has 24 heavy (non-hydrogen) atoms. The number of anilines is 1. The standard InChI is InChI=1S/C13H9ClN4O6/c14-9-2-1-7(18(20)21)5-8(9)11(19)15-13-17-16-12(24-13)10-6-22-3-4-23-10/h1-2,5-6H,3-4H2,(H,15,17,19). The largest absolute Gasteiger partial charge is 0.494 e. The number of rotatable bonds is 4. The fourth-order valence-corrected chi connectivity index (χ4v) is 2.02. The van der Waals surface area contributed by atoms with Gasteiger partial charge >= 0.3 is 6.01 Å². The van der Waals surface area contributed by atoms with Gasteiger partial charge in [-0.3, -0.25) is 20.2 Å². The summed E-state index contributed by atoms with van der Waals surface area (Å²) in [5.41, 5.74) is -0.365. The first-order valence-electron chi connectivity index (χ1n) is 6.58. The van der Waals surface area contributed by atoms with Crippen LogP contribution in [-0.4, -0.2) is 34.2 Å². The minimum Gasteiger partial charge on any atom is -0.494 e. The molecule has 3 rings (SSSR count). The number of nitrogens with one attached hydrogen (secondary N) is 1. The topological polar surface area (TPSA) is 130 Å². The zero-order chi connectivity index (χ0) is 17.1. The molecule has 1 amide bonds. The van der Waals surface area contributed by atoms with Gasteiger partial charge in [0.15, 0.2) is 0 Å². The Morgan fingerprint density at radius 2 is 2.17 bits per heavy atom. The van der Waals surface area contributed by atoms with Gasteiger partial charge in [-0.2, -0.15) is 0 Å². The van der Waals surface area contributed by atoms with Gasteiger partial charge in [-0.1, -0.05) is 16.7 Å². The third-order valence-corrected chi connectivity index (χ3v) is 3.24. The number of amides is 1. The average Bonchev–Trinajstić information content (AvgIpc) is 3.04. The maximum atomic E-state index is 12.2. The first-order valence-corrected chi connectivity index (χ1v) is 6.96. The summed E-state index contributed by atoms with van der Waals surface area (Å²) in [4.78, 5) is 22.3. The maximum Gasteiger partial charge on any atom is 0.322 e. The third-order valence-electron chi connectivity index (χ3n) is 2.91. The molecule has 10 nitrogen and oxygen atoms in total. The van der Waals surface area contributed by atoms with E-state index in [0.717, 1.165) is 6.07 Å². The fraction of sp³-hybridized carbons (Fsp3) is 0.154. The minimum atomic E-state index is -0.728. The maximum absolute atomic E-state index is 12.2. The van der Waals surface area contributed by atoms with E-state index in [1.807, 2.05) is 0 Å². The highest BCUT2D eigenvalue weighted by atomic mass is 35.5. The van der Waals surface area contributed by atoms with Gasteiger partial charge in [-0.25, -0.2) is 0 Å². The lowest BCUT2D eigenvalue weighted by atomic mass is 10.2. The number of nitro benzene ring substituents is 1. The summed E-state index contributed by atoms with van der Waals surface area (Å²) in [5.74, 6) is -0.466. The lowest BCUT2D eigenvalue weighted by Crippen LogP contribution is -2.13. The van der Waals surface area contributed by atoms with Crippen LogP contribution < -0.4 is 5.32 Å². The second-order valence-corrected chi connectivity index (χ2v) is 4.90. The number of hydrogen-bond donors (Lipinski definition) is 1. The van der Waals surface area contributed by atoms with Crippen LogP contribution in [0.2, 0.25) is 5.02 Å². The van der Waals surface area contributed by atoms with Gasteiger partial charge in [0, 0.05) is 12.1 Å². The van der Waals surface area contributed by atoms with Crippen LogP contribution in [0.4, 0.5) is 11.7 Å². The van der Waals surface area contributed by atoms with Gasteiger partial charge in [0.2, 0.25) is 5.76 Å². The molecule has 2 heterocycles. The minimum absolute atomic E-state index is 0.0233. The van der Waals surface area contributed by atoms with E-state index in [2.05, 4.69) is 15.5 Å². The Hall–Kier alpha value is -3.14. The summed E-state index contributed by atoms with van der Waals surface area (Å²) >= 11 is 5.89. The molecule has 0 atom stereocenters. The van der Waals surface area contributed by atoms with Gasteiger partial charge in [0.05, 0.1) is 15.5 Å². The van der Waals surface area contributed by atoms with Crippen LogP contribution in [0.5, 0.6) is 0 Å². The lowest BCUT2D eigenvalue weighted by molar-refractivity contribution is -0.384. The van der Waals surface area contributed by atoms with Crippen molar-refractivity contribution in [3.05, 3.63) is 51.1 Å². The second-order valence-electron chi connectivity index (χ2n) is 4.49. The highest BCUT2D eigenvalue weighted by molar-refractivity contribution is 6.34. The Bertz CT molecular complexity index is 834. The van der Waals surface area contributed by atoms with Gasteiger partial charge < -0.3 is 13.9 Å². The van der Waals surface area contributed by atoms with Crippen molar-refractivity contribution < 1.29 is 23.6 Å². The highest BCUT2D eigenvalue weighted by Gasteiger charge is 2.20. The Labute approximate surface area is 139 Å². The van der Waals surface area contributed by atoms with Crippen molar-refractivity contribution in [2.75, 3.05) is 18.5 Å². The van der Waals surface area contributed by atoms with Gasteiger partial charge in [0.1, 0.15) is 19.5 Å². The molecule has 1 aliphatic rings. The summed E-state index contributed by atoms with van der Waals surface area (Å²) in [5, 5.41) is 20.5. The normalized spacial score (nSPS) is 13.5. The molecule has 0 saturated heterocycles. The van der Waals surface area contributed by atoms with E-state index >= 15 is 0 Å². The summed E-state index contributed by atoms with van der Waals surface area (Å²) in [6.07, 6.45) is 1.32. The number of nitrogens with zero attached hydrogens (tertiary/aromatic N) is 3. The number of halogens is 1. The number of hydrogen-bond acceptors (Lipinski definition) is 8. The van der Waals surface area contributed by atoms with E-state index < -0.39 is 10.8 Å². The summed E-state index contributed by atoms with van der Waals surface area (Å²) in [6, 6.07) is 3.28. The molecule has 1 aromatic heterocycles. The third kappa shape index (κ3) is 3.27. The lowest BCUT2D eigenvalue weighted by Gasteiger charge is -2.11. The average molecular weight is 353 g/mol. The smallest absolute Gasteiger partial charge is 0.322 e. The fourth-order valence-electron chi connectivity index (χ4n) is 1.82. The van der Waals surface area contributed by atoms with E-state index in [1.54, 1.807) is 0 Å². The number of carbonyl (C=O) groups excluding carboxylic acids is 1. The molecule has 0 fully saturated rings. The molecular formula is C13H9ClN4O6. The van der Waals surface area contributed by atoms with Crippen molar-refractivity contribution in [2.24, 2.45) is 0 Å². The van der Waals surface area contributed by atoms with Crippen LogP contribution >= 0.6 is 11.6 Å². The van der Waals surface area contributed by atoms with Gasteiger partial charge in [0.25, 0.3) is 17.5 Å². The van der Waals surface area contributed by atoms with Gasteiger partial charge in [-0.15, -0.1) is 5.10 Å². The molecule has 1 aromatic carbocycles. The van der Waals surface area contributed by atoms with E-state index in [4.69, 9.17) is 25.5 Å². The predicted molar refractivity (Wildman–Crippen MR) is 80.2 cm³/mol. The van der Waals surface area contributed by atoms with E-state index in [0.29, 0.717) is 13.2 Å². The molecule has 1 N–H and O–H groups in total. The number of nitro groups is 1. The van der Waals surface area contributed by atoms with Crippen molar-refractivity contribution in [1.29, 1.82) is 0 Å². The molecule has 0 saturated carbocycles. The highest BCUT2D eigenvalue weighted by Crippen LogP contribution is 2.24. The van der Waals surface area contributed by atoms with Crippen LogP contribution in [-0.2, 0) is 9.47 Å². The van der Waals surface area contributed by atoms with Gasteiger partial charge in [-0.05, 0) is 6.07 Å². The number of aromatic nitrogens is 2. The Balaban J connectivity index is 1.78. The van der Waals surface area contributed by atoms with E-state index in [9.17, 15) is 14.9 Å². The summed E-state index contributed by atoms with van der Waals surface area (Å²) < 4.78 is 15.6. The molecule has 0 spiro atoms. The van der Waals surface area contributed by atoms with Crippen LogP contribution in [0, 0.1) is 10.1 Å². The molecule has 0 radical (unpaired) electrons. The molecule has 124 valence electrons. The van der Waals surface area contributed by atoms with Crippen LogP contribution in [0.15, 0.2) is 28.9 Å². The quantitative estimate of drug-likeness (QED) is 0.654.